The van der Waals surface area contributed by atoms with E-state index in [4.69, 9.17) is 5.73 Å². The minimum absolute atomic E-state index is 0. The number of halogens is 1. The second kappa shape index (κ2) is 8.86. The predicted octanol–water partition coefficient (Wildman–Crippen LogP) is 3.98. The average Bonchev–Trinajstić information content (AvgIpc) is 2.56. The van der Waals surface area contributed by atoms with Gasteiger partial charge in [-0.3, -0.25) is 4.79 Å². The summed E-state index contributed by atoms with van der Waals surface area (Å²) in [5, 5.41) is 3.10. The molecule has 2 atom stereocenters. The van der Waals surface area contributed by atoms with Gasteiger partial charge < -0.3 is 11.1 Å². The van der Waals surface area contributed by atoms with E-state index in [0.717, 1.165) is 5.56 Å². The predicted molar refractivity (Wildman–Crippen MR) is 102 cm³/mol. The summed E-state index contributed by atoms with van der Waals surface area (Å²) >= 11 is 0. The molecule has 0 saturated carbocycles. The van der Waals surface area contributed by atoms with E-state index in [1.807, 2.05) is 55.5 Å². The number of hydrogen-bond acceptors (Lipinski definition) is 2. The third-order valence-electron chi connectivity index (χ3n) is 4.61. The normalized spacial score (nSPS) is 13.5. The van der Waals surface area contributed by atoms with E-state index >= 15 is 0 Å². The topological polar surface area (TPSA) is 55.1 Å². The lowest BCUT2D eigenvalue weighted by Gasteiger charge is -2.33. The molecular weight excluding hydrogens is 320 g/mol. The third-order valence-corrected chi connectivity index (χ3v) is 4.61. The minimum Gasteiger partial charge on any atom is -0.353 e. The fraction of sp³-hybridized carbons (Fsp3) is 0.350. The van der Waals surface area contributed by atoms with Crippen LogP contribution in [-0.2, 0) is 10.2 Å². The molecule has 0 bridgehead atoms. The van der Waals surface area contributed by atoms with Crippen LogP contribution in [0.3, 0.4) is 0 Å². The molecule has 4 heteroatoms. The van der Waals surface area contributed by atoms with Gasteiger partial charge in [0.25, 0.3) is 0 Å². The third kappa shape index (κ3) is 5.08. The fourth-order valence-corrected chi connectivity index (χ4v) is 2.62. The number of carbonyl (C=O) groups excluding carboxylic acids is 1. The molecule has 3 N–H and O–H groups in total. The van der Waals surface area contributed by atoms with Gasteiger partial charge >= 0.3 is 0 Å². The van der Waals surface area contributed by atoms with Crippen molar-refractivity contribution < 1.29 is 4.79 Å². The molecule has 2 unspecified atom stereocenters. The van der Waals surface area contributed by atoms with Crippen molar-refractivity contribution in [3.63, 3.8) is 0 Å². The van der Waals surface area contributed by atoms with Crippen molar-refractivity contribution >= 4 is 18.3 Å². The second-order valence-electron chi connectivity index (χ2n) is 6.60. The second-order valence-corrected chi connectivity index (χ2v) is 6.60. The van der Waals surface area contributed by atoms with E-state index in [1.165, 1.54) is 5.56 Å². The molecule has 3 nitrogen and oxygen atoms in total. The molecule has 1 amide bonds. The lowest BCUT2D eigenvalue weighted by Crippen LogP contribution is -2.46. The summed E-state index contributed by atoms with van der Waals surface area (Å²) in [5.41, 5.74) is 8.18. The quantitative estimate of drug-likeness (QED) is 0.831. The lowest BCUT2D eigenvalue weighted by molar-refractivity contribution is -0.122. The first-order valence-corrected chi connectivity index (χ1v) is 8.06. The van der Waals surface area contributed by atoms with E-state index in [-0.39, 0.29) is 35.8 Å². The standard InChI is InChI=1S/C20H26N2O.ClH/c1-15(20(2,3)17-12-8-5-9-13-17)22-19(23)14-18(21)16-10-6-4-7-11-16;/h4-13,15,18H,14,21H2,1-3H3,(H,22,23);1H. The first-order valence-electron chi connectivity index (χ1n) is 8.06. The molecule has 0 heterocycles. The highest BCUT2D eigenvalue weighted by Gasteiger charge is 2.29. The molecule has 24 heavy (non-hydrogen) atoms. The SMILES string of the molecule is CC(NC(=O)CC(N)c1ccccc1)C(C)(C)c1ccccc1.Cl. The molecule has 0 aliphatic rings. The van der Waals surface area contributed by atoms with Gasteiger partial charge in [0.15, 0.2) is 0 Å². The summed E-state index contributed by atoms with van der Waals surface area (Å²) in [6, 6.07) is 19.7. The van der Waals surface area contributed by atoms with Crippen molar-refractivity contribution in [2.45, 2.75) is 44.7 Å². The zero-order valence-electron chi connectivity index (χ0n) is 14.5. The van der Waals surface area contributed by atoms with Crippen LogP contribution in [0, 0.1) is 0 Å². The first-order chi connectivity index (χ1) is 10.9. The van der Waals surface area contributed by atoms with E-state index in [0.29, 0.717) is 6.42 Å². The van der Waals surface area contributed by atoms with Crippen molar-refractivity contribution in [1.82, 2.24) is 5.32 Å². The maximum absolute atomic E-state index is 12.3. The highest BCUT2D eigenvalue weighted by atomic mass is 35.5. The summed E-state index contributed by atoms with van der Waals surface area (Å²) in [7, 11) is 0. The molecule has 0 aromatic heterocycles. The molecule has 0 aliphatic carbocycles. The highest BCUT2D eigenvalue weighted by Crippen LogP contribution is 2.27. The fourth-order valence-electron chi connectivity index (χ4n) is 2.62. The Kier molecular flexibility index (Phi) is 7.46. The van der Waals surface area contributed by atoms with Crippen LogP contribution in [0.4, 0.5) is 0 Å². The summed E-state index contributed by atoms with van der Waals surface area (Å²) in [6.07, 6.45) is 0.291. The molecule has 0 saturated heterocycles. The zero-order valence-corrected chi connectivity index (χ0v) is 15.3. The van der Waals surface area contributed by atoms with Crippen LogP contribution in [0.2, 0.25) is 0 Å². The van der Waals surface area contributed by atoms with Gasteiger partial charge in [0.1, 0.15) is 0 Å². The van der Waals surface area contributed by atoms with Gasteiger partial charge in [-0.05, 0) is 18.1 Å². The Morgan fingerprint density at radius 3 is 2.08 bits per heavy atom. The van der Waals surface area contributed by atoms with Crippen molar-refractivity contribution in [1.29, 1.82) is 0 Å². The molecule has 0 radical (unpaired) electrons. The maximum atomic E-state index is 12.3. The smallest absolute Gasteiger partial charge is 0.222 e. The maximum Gasteiger partial charge on any atom is 0.222 e. The van der Waals surface area contributed by atoms with Gasteiger partial charge in [-0.2, -0.15) is 0 Å². The summed E-state index contributed by atoms with van der Waals surface area (Å²) in [4.78, 5) is 12.3. The summed E-state index contributed by atoms with van der Waals surface area (Å²) in [5.74, 6) is -0.0159. The largest absolute Gasteiger partial charge is 0.353 e. The average molecular weight is 347 g/mol. The van der Waals surface area contributed by atoms with Crippen LogP contribution in [0.5, 0.6) is 0 Å². The number of benzene rings is 2. The van der Waals surface area contributed by atoms with Crippen LogP contribution in [0.1, 0.15) is 44.4 Å². The van der Waals surface area contributed by atoms with Gasteiger partial charge in [-0.1, -0.05) is 74.5 Å². The Morgan fingerprint density at radius 1 is 1.04 bits per heavy atom. The van der Waals surface area contributed by atoms with E-state index < -0.39 is 0 Å². The summed E-state index contributed by atoms with van der Waals surface area (Å²) in [6.45, 7) is 6.33. The van der Waals surface area contributed by atoms with Gasteiger partial charge in [-0.15, -0.1) is 12.4 Å². The van der Waals surface area contributed by atoms with Crippen LogP contribution in [-0.4, -0.2) is 11.9 Å². The van der Waals surface area contributed by atoms with Gasteiger partial charge in [0.2, 0.25) is 5.91 Å². The molecule has 2 aromatic rings. The number of carbonyl (C=O) groups is 1. The first kappa shape index (κ1) is 20.2. The number of nitrogens with one attached hydrogen (secondary N) is 1. The van der Waals surface area contributed by atoms with Crippen molar-refractivity contribution in [2.75, 3.05) is 0 Å². The highest BCUT2D eigenvalue weighted by molar-refractivity contribution is 5.85. The van der Waals surface area contributed by atoms with Crippen LogP contribution >= 0.6 is 12.4 Å². The molecular formula is C20H27ClN2O. The van der Waals surface area contributed by atoms with Gasteiger partial charge in [0, 0.05) is 23.9 Å². The van der Waals surface area contributed by atoms with Crippen molar-refractivity contribution in [3.8, 4) is 0 Å². The lowest BCUT2D eigenvalue weighted by atomic mass is 9.78. The number of nitrogens with two attached hydrogens (primary N) is 1. The monoisotopic (exact) mass is 346 g/mol. The number of rotatable bonds is 6. The molecule has 0 fully saturated rings. The van der Waals surface area contributed by atoms with Crippen molar-refractivity contribution in [3.05, 3.63) is 71.8 Å². The molecule has 130 valence electrons. The minimum atomic E-state index is -0.275. The van der Waals surface area contributed by atoms with Crippen LogP contribution in [0.25, 0.3) is 0 Å². The van der Waals surface area contributed by atoms with Gasteiger partial charge in [0.05, 0.1) is 0 Å². The Labute approximate surface area is 151 Å². The Bertz CT molecular complexity index is 629. The Hall–Kier alpha value is -1.84. The summed E-state index contributed by atoms with van der Waals surface area (Å²) < 4.78 is 0. The van der Waals surface area contributed by atoms with E-state index in [9.17, 15) is 4.79 Å². The van der Waals surface area contributed by atoms with Crippen LogP contribution in [0.15, 0.2) is 60.7 Å². The molecule has 0 spiro atoms. The zero-order chi connectivity index (χ0) is 16.9. The molecule has 0 aliphatic heterocycles. The number of hydrogen-bond donors (Lipinski definition) is 2. The molecule has 2 aromatic carbocycles. The molecule has 2 rings (SSSR count). The Balaban J connectivity index is 0.00000288. The van der Waals surface area contributed by atoms with Crippen molar-refractivity contribution in [2.24, 2.45) is 5.73 Å². The van der Waals surface area contributed by atoms with Gasteiger partial charge in [-0.25, -0.2) is 0 Å². The van der Waals surface area contributed by atoms with E-state index in [1.54, 1.807) is 0 Å². The van der Waals surface area contributed by atoms with Crippen LogP contribution < -0.4 is 11.1 Å². The Morgan fingerprint density at radius 2 is 1.54 bits per heavy atom. The number of amides is 1. The van der Waals surface area contributed by atoms with E-state index in [2.05, 4.69) is 31.3 Å².